The molecule has 6 nitrogen and oxygen atoms in total. The molecule has 0 fully saturated rings. The second kappa shape index (κ2) is 10.9. The second-order valence-electron chi connectivity index (χ2n) is 7.89. The first-order chi connectivity index (χ1) is 16.6. The quantitative estimate of drug-likeness (QED) is 0.290. The monoisotopic (exact) mass is 462 g/mol. The van der Waals surface area contributed by atoms with E-state index in [2.05, 4.69) is 10.3 Å². The highest BCUT2D eigenvalue weighted by molar-refractivity contribution is 5.84. The van der Waals surface area contributed by atoms with Crippen LogP contribution < -0.4 is 14.8 Å². The number of hydrogen-bond acceptors (Lipinski definition) is 4. The van der Waals surface area contributed by atoms with Crippen molar-refractivity contribution >= 4 is 16.9 Å². The third-order valence-corrected chi connectivity index (χ3v) is 5.63. The summed E-state index contributed by atoms with van der Waals surface area (Å²) in [5.41, 5.74) is 3.05. The third kappa shape index (κ3) is 5.38. The number of halogens is 1. The van der Waals surface area contributed by atoms with E-state index in [0.717, 1.165) is 22.0 Å². The first kappa shape index (κ1) is 23.3. The van der Waals surface area contributed by atoms with Gasteiger partial charge in [-0.1, -0.05) is 48.5 Å². The van der Waals surface area contributed by atoms with Gasteiger partial charge in [0.15, 0.2) is 11.5 Å². The Bertz CT molecular complexity index is 1270. The maximum Gasteiger partial charge on any atom is 0.321 e. The normalized spacial score (nSPS) is 11.9. The van der Waals surface area contributed by atoms with Gasteiger partial charge in [0.25, 0.3) is 0 Å². The molecule has 0 aliphatic carbocycles. The van der Waals surface area contributed by atoms with E-state index in [9.17, 15) is 14.3 Å². The fourth-order valence-electron chi connectivity index (χ4n) is 3.90. The molecule has 176 valence electrons. The van der Waals surface area contributed by atoms with Gasteiger partial charge in [-0.05, 0) is 30.7 Å². The first-order valence-corrected chi connectivity index (χ1v) is 11.2. The number of aliphatic carboxylic acids is 1. The molecule has 1 aromatic heterocycles. The van der Waals surface area contributed by atoms with Gasteiger partial charge >= 0.3 is 5.97 Å². The van der Waals surface area contributed by atoms with Crippen molar-refractivity contribution in [1.82, 2.24) is 10.3 Å². The minimum atomic E-state index is -0.944. The van der Waals surface area contributed by atoms with Gasteiger partial charge in [0.2, 0.25) is 0 Å². The molecule has 0 radical (unpaired) electrons. The lowest BCUT2D eigenvalue weighted by molar-refractivity contribution is -0.139. The number of hydrogen-bond donors (Lipinski definition) is 3. The molecule has 1 atom stereocenters. The number of para-hydroxylation sites is 2. The van der Waals surface area contributed by atoms with Crippen molar-refractivity contribution in [3.05, 3.63) is 95.4 Å². The van der Waals surface area contributed by atoms with Crippen molar-refractivity contribution < 1.29 is 23.8 Å². The number of carboxylic acid groups (broad SMARTS) is 1. The smallest absolute Gasteiger partial charge is 0.321 e. The average Bonchev–Trinajstić information content (AvgIpc) is 3.25. The van der Waals surface area contributed by atoms with Crippen LogP contribution in [-0.4, -0.2) is 28.7 Å². The molecular formula is C27H27FN2O4. The number of ether oxygens (including phenoxy) is 2. The standard InChI is InChI=1S/C27H27FN2O4/c1-2-33-25-13-7-9-18(26(25)34-17-19-8-3-5-11-22(19)28)15-30-24(27(31)32)14-20-16-29-23-12-6-4-10-21(20)23/h3-13,16,24,29-30H,2,14-15,17H2,1H3,(H,31,32)/t24-/m1/s1. The molecule has 0 spiro atoms. The zero-order chi connectivity index (χ0) is 23.9. The Morgan fingerprint density at radius 2 is 1.76 bits per heavy atom. The van der Waals surface area contributed by atoms with Crippen molar-refractivity contribution in [3.63, 3.8) is 0 Å². The Balaban J connectivity index is 1.52. The number of aromatic nitrogens is 1. The number of nitrogens with one attached hydrogen (secondary N) is 2. The predicted octanol–water partition coefficient (Wildman–Crippen LogP) is 5.07. The van der Waals surface area contributed by atoms with Crippen LogP contribution in [-0.2, 0) is 24.4 Å². The summed E-state index contributed by atoms with van der Waals surface area (Å²) in [5.74, 6) is -0.293. The number of carbonyl (C=O) groups is 1. The number of H-pyrrole nitrogens is 1. The molecule has 0 aliphatic heterocycles. The Labute approximate surface area is 197 Å². The van der Waals surface area contributed by atoms with Crippen molar-refractivity contribution in [2.24, 2.45) is 0 Å². The number of carboxylic acids is 1. The molecule has 1 heterocycles. The molecule has 0 saturated heterocycles. The summed E-state index contributed by atoms with van der Waals surface area (Å²) in [4.78, 5) is 15.2. The molecule has 3 N–H and O–H groups in total. The van der Waals surface area contributed by atoms with E-state index in [0.29, 0.717) is 30.1 Å². The van der Waals surface area contributed by atoms with Gasteiger partial charge in [0.05, 0.1) is 6.61 Å². The first-order valence-electron chi connectivity index (χ1n) is 11.2. The Morgan fingerprint density at radius 3 is 2.56 bits per heavy atom. The Kier molecular flexibility index (Phi) is 7.44. The van der Waals surface area contributed by atoms with Gasteiger partial charge in [-0.2, -0.15) is 0 Å². The minimum Gasteiger partial charge on any atom is -0.490 e. The molecular weight excluding hydrogens is 435 g/mol. The van der Waals surface area contributed by atoms with Crippen LogP contribution in [0.25, 0.3) is 10.9 Å². The van der Waals surface area contributed by atoms with E-state index in [1.807, 2.05) is 49.5 Å². The van der Waals surface area contributed by atoms with Crippen LogP contribution in [0, 0.1) is 5.82 Å². The van der Waals surface area contributed by atoms with Crippen LogP contribution in [0.3, 0.4) is 0 Å². The highest BCUT2D eigenvalue weighted by atomic mass is 19.1. The van der Waals surface area contributed by atoms with Gasteiger partial charge in [-0.3, -0.25) is 10.1 Å². The lowest BCUT2D eigenvalue weighted by Gasteiger charge is -2.19. The molecule has 4 rings (SSSR count). The summed E-state index contributed by atoms with van der Waals surface area (Å²) < 4.78 is 25.8. The van der Waals surface area contributed by atoms with Crippen molar-refractivity contribution in [1.29, 1.82) is 0 Å². The van der Waals surface area contributed by atoms with Crippen LogP contribution in [0.2, 0.25) is 0 Å². The molecule has 4 aromatic rings. The van der Waals surface area contributed by atoms with Crippen molar-refractivity contribution in [2.75, 3.05) is 6.61 Å². The topological polar surface area (TPSA) is 83.6 Å². The van der Waals surface area contributed by atoms with Crippen molar-refractivity contribution in [2.45, 2.75) is 32.5 Å². The van der Waals surface area contributed by atoms with Gasteiger partial charge in [0, 0.05) is 41.2 Å². The predicted molar refractivity (Wildman–Crippen MR) is 129 cm³/mol. The van der Waals surface area contributed by atoms with E-state index >= 15 is 0 Å². The summed E-state index contributed by atoms with van der Waals surface area (Å²) in [6.45, 7) is 2.58. The van der Waals surface area contributed by atoms with Gasteiger partial charge in [-0.25, -0.2) is 4.39 Å². The zero-order valence-corrected chi connectivity index (χ0v) is 18.9. The van der Waals surface area contributed by atoms with E-state index < -0.39 is 12.0 Å². The maximum atomic E-state index is 14.1. The zero-order valence-electron chi connectivity index (χ0n) is 18.9. The molecule has 0 saturated carbocycles. The molecule has 0 aliphatic rings. The van der Waals surface area contributed by atoms with E-state index in [4.69, 9.17) is 9.47 Å². The molecule has 0 bridgehead atoms. The van der Waals surface area contributed by atoms with E-state index in [1.54, 1.807) is 24.3 Å². The van der Waals surface area contributed by atoms with Gasteiger partial charge in [0.1, 0.15) is 18.5 Å². The largest absolute Gasteiger partial charge is 0.490 e. The second-order valence-corrected chi connectivity index (χ2v) is 7.89. The van der Waals surface area contributed by atoms with Crippen LogP contribution in [0.5, 0.6) is 11.5 Å². The fraction of sp³-hybridized carbons (Fsp3) is 0.222. The number of fused-ring (bicyclic) bond motifs is 1. The summed E-state index contributed by atoms with van der Waals surface area (Å²) in [7, 11) is 0. The maximum absolute atomic E-state index is 14.1. The lowest BCUT2D eigenvalue weighted by atomic mass is 10.0. The fourth-order valence-corrected chi connectivity index (χ4v) is 3.90. The van der Waals surface area contributed by atoms with E-state index in [-0.39, 0.29) is 19.0 Å². The van der Waals surface area contributed by atoms with Crippen LogP contribution in [0.1, 0.15) is 23.6 Å². The molecule has 34 heavy (non-hydrogen) atoms. The van der Waals surface area contributed by atoms with Crippen LogP contribution in [0.15, 0.2) is 72.9 Å². The molecule has 7 heteroatoms. The third-order valence-electron chi connectivity index (χ3n) is 5.63. The van der Waals surface area contributed by atoms with Crippen LogP contribution >= 0.6 is 0 Å². The molecule has 3 aromatic carbocycles. The number of rotatable bonds is 11. The molecule has 0 amide bonds. The van der Waals surface area contributed by atoms with E-state index in [1.165, 1.54) is 6.07 Å². The Morgan fingerprint density at radius 1 is 1.00 bits per heavy atom. The highest BCUT2D eigenvalue weighted by Gasteiger charge is 2.21. The summed E-state index contributed by atoms with van der Waals surface area (Å²) >= 11 is 0. The minimum absolute atomic E-state index is 0.0292. The number of benzene rings is 3. The van der Waals surface area contributed by atoms with Gasteiger partial charge in [-0.15, -0.1) is 0 Å². The highest BCUT2D eigenvalue weighted by Crippen LogP contribution is 2.32. The molecule has 0 unspecified atom stereocenters. The summed E-state index contributed by atoms with van der Waals surface area (Å²) in [5, 5.41) is 14.0. The lowest BCUT2D eigenvalue weighted by Crippen LogP contribution is -2.38. The Hall–Kier alpha value is -3.84. The average molecular weight is 463 g/mol. The SMILES string of the molecule is CCOc1cccc(CN[C@H](Cc2c[nH]c3ccccc23)C(=O)O)c1OCc1ccccc1F. The number of aromatic amines is 1. The van der Waals surface area contributed by atoms with Gasteiger partial charge < -0.3 is 19.6 Å². The summed E-state index contributed by atoms with van der Waals surface area (Å²) in [6, 6.07) is 18.9. The summed E-state index contributed by atoms with van der Waals surface area (Å²) in [6.07, 6.45) is 2.16. The van der Waals surface area contributed by atoms with Crippen LogP contribution in [0.4, 0.5) is 4.39 Å². The van der Waals surface area contributed by atoms with Crippen molar-refractivity contribution in [3.8, 4) is 11.5 Å².